The molecule has 94 valence electrons. The van der Waals surface area contributed by atoms with Crippen molar-refractivity contribution in [2.75, 3.05) is 19.6 Å². The Bertz CT molecular complexity index is 229. The van der Waals surface area contributed by atoms with Gasteiger partial charge in [-0.3, -0.25) is 4.79 Å². The highest BCUT2D eigenvalue weighted by Gasteiger charge is 2.24. The van der Waals surface area contributed by atoms with E-state index >= 15 is 0 Å². The second kappa shape index (κ2) is 6.21. The van der Waals surface area contributed by atoms with Gasteiger partial charge in [-0.05, 0) is 19.3 Å². The summed E-state index contributed by atoms with van der Waals surface area (Å²) in [5.41, 5.74) is 0. The molecule has 0 spiro atoms. The van der Waals surface area contributed by atoms with Crippen molar-refractivity contribution in [1.29, 1.82) is 0 Å². The first-order valence-electron chi connectivity index (χ1n) is 6.17. The topological polar surface area (TPSA) is 52.6 Å². The lowest BCUT2D eigenvalue weighted by atomic mass is 10.0. The number of rotatable bonds is 5. The number of hydrogen-bond acceptors (Lipinski definition) is 3. The third kappa shape index (κ3) is 4.94. The van der Waals surface area contributed by atoms with Crippen LogP contribution in [0.3, 0.4) is 0 Å². The summed E-state index contributed by atoms with van der Waals surface area (Å²) in [6.45, 7) is 9.77. The molecule has 2 atom stereocenters. The summed E-state index contributed by atoms with van der Waals surface area (Å²) in [6, 6.07) is 0.796. The van der Waals surface area contributed by atoms with Crippen LogP contribution in [-0.4, -0.2) is 47.7 Å². The van der Waals surface area contributed by atoms with Gasteiger partial charge in [-0.15, -0.1) is 0 Å². The first-order valence-corrected chi connectivity index (χ1v) is 6.17. The number of carbonyl (C=O) groups is 1. The Morgan fingerprint density at radius 2 is 2.19 bits per heavy atom. The number of nitrogens with zero attached hydrogens (tertiary/aromatic N) is 1. The maximum Gasteiger partial charge on any atom is 0.303 e. The van der Waals surface area contributed by atoms with Crippen molar-refractivity contribution in [2.45, 2.75) is 45.7 Å². The molecule has 0 amide bonds. The molecule has 4 nitrogen and oxygen atoms in total. The SMILES string of the molecule is CC(C)CN1CC(C)NC(CCC(=O)O)C1. The molecule has 1 aliphatic rings. The Labute approximate surface area is 98.0 Å². The van der Waals surface area contributed by atoms with Gasteiger partial charge in [0.05, 0.1) is 0 Å². The van der Waals surface area contributed by atoms with Crippen LogP contribution < -0.4 is 5.32 Å². The predicted molar refractivity (Wildman–Crippen MR) is 64.5 cm³/mol. The molecule has 2 N–H and O–H groups in total. The van der Waals surface area contributed by atoms with E-state index in [-0.39, 0.29) is 6.42 Å². The van der Waals surface area contributed by atoms with Crippen LogP contribution in [0.2, 0.25) is 0 Å². The zero-order valence-corrected chi connectivity index (χ0v) is 10.6. The van der Waals surface area contributed by atoms with Crippen LogP contribution in [0.25, 0.3) is 0 Å². The molecule has 4 heteroatoms. The molecule has 0 saturated carbocycles. The largest absolute Gasteiger partial charge is 0.481 e. The van der Waals surface area contributed by atoms with E-state index in [9.17, 15) is 4.79 Å². The summed E-state index contributed by atoms with van der Waals surface area (Å²) in [4.78, 5) is 13.0. The van der Waals surface area contributed by atoms with Crippen LogP contribution in [0.5, 0.6) is 0 Å². The minimum atomic E-state index is -0.699. The van der Waals surface area contributed by atoms with Crippen molar-refractivity contribution >= 4 is 5.97 Å². The Morgan fingerprint density at radius 1 is 1.50 bits per heavy atom. The summed E-state index contributed by atoms with van der Waals surface area (Å²) in [5.74, 6) is -0.0270. The third-order valence-corrected chi connectivity index (χ3v) is 2.86. The van der Waals surface area contributed by atoms with Gasteiger partial charge in [0.2, 0.25) is 0 Å². The first kappa shape index (κ1) is 13.5. The monoisotopic (exact) mass is 228 g/mol. The van der Waals surface area contributed by atoms with Crippen molar-refractivity contribution in [1.82, 2.24) is 10.2 Å². The van der Waals surface area contributed by atoms with E-state index in [4.69, 9.17) is 5.11 Å². The normalized spacial score (nSPS) is 27.2. The van der Waals surface area contributed by atoms with Gasteiger partial charge in [0.15, 0.2) is 0 Å². The summed E-state index contributed by atoms with van der Waals surface area (Å²) in [5, 5.41) is 12.1. The van der Waals surface area contributed by atoms with Crippen molar-refractivity contribution in [3.8, 4) is 0 Å². The van der Waals surface area contributed by atoms with Gasteiger partial charge in [0, 0.05) is 38.1 Å². The average molecular weight is 228 g/mol. The van der Waals surface area contributed by atoms with Gasteiger partial charge in [0.1, 0.15) is 0 Å². The standard InChI is InChI=1S/C12H24N2O2/c1-9(2)6-14-7-10(3)13-11(8-14)4-5-12(15)16/h9-11,13H,4-8H2,1-3H3,(H,15,16). The number of carboxylic acids is 1. The van der Waals surface area contributed by atoms with Gasteiger partial charge in [-0.25, -0.2) is 0 Å². The molecular formula is C12H24N2O2. The molecule has 1 saturated heterocycles. The number of nitrogens with one attached hydrogen (secondary N) is 1. The Hall–Kier alpha value is -0.610. The van der Waals surface area contributed by atoms with Crippen LogP contribution in [0.1, 0.15) is 33.6 Å². The third-order valence-electron chi connectivity index (χ3n) is 2.86. The molecule has 1 fully saturated rings. The van der Waals surface area contributed by atoms with E-state index in [0.29, 0.717) is 18.0 Å². The minimum Gasteiger partial charge on any atom is -0.481 e. The molecule has 0 aliphatic carbocycles. The lowest BCUT2D eigenvalue weighted by molar-refractivity contribution is -0.137. The van der Waals surface area contributed by atoms with E-state index in [1.54, 1.807) is 0 Å². The Balaban J connectivity index is 2.38. The zero-order chi connectivity index (χ0) is 12.1. The highest BCUT2D eigenvalue weighted by atomic mass is 16.4. The molecule has 0 radical (unpaired) electrons. The van der Waals surface area contributed by atoms with Crippen LogP contribution >= 0.6 is 0 Å². The van der Waals surface area contributed by atoms with Gasteiger partial charge >= 0.3 is 5.97 Å². The van der Waals surface area contributed by atoms with Crippen molar-refractivity contribution < 1.29 is 9.90 Å². The number of aliphatic carboxylic acids is 1. The smallest absolute Gasteiger partial charge is 0.303 e. The minimum absolute atomic E-state index is 0.264. The number of piperazine rings is 1. The van der Waals surface area contributed by atoms with Crippen molar-refractivity contribution in [3.63, 3.8) is 0 Å². The maximum atomic E-state index is 10.5. The second-order valence-corrected chi connectivity index (χ2v) is 5.31. The van der Waals surface area contributed by atoms with Gasteiger partial charge < -0.3 is 15.3 Å². The molecule has 0 bridgehead atoms. The summed E-state index contributed by atoms with van der Waals surface area (Å²) in [6.07, 6.45) is 0.994. The molecule has 2 unspecified atom stereocenters. The lowest BCUT2D eigenvalue weighted by Crippen LogP contribution is -2.56. The lowest BCUT2D eigenvalue weighted by Gasteiger charge is -2.38. The number of carboxylic acid groups (broad SMARTS) is 1. The quantitative estimate of drug-likeness (QED) is 0.741. The van der Waals surface area contributed by atoms with Crippen molar-refractivity contribution in [3.05, 3.63) is 0 Å². The van der Waals surface area contributed by atoms with Gasteiger partial charge in [-0.2, -0.15) is 0 Å². The van der Waals surface area contributed by atoms with E-state index in [2.05, 4.69) is 31.0 Å². The molecule has 1 rings (SSSR count). The molecular weight excluding hydrogens is 204 g/mol. The van der Waals surface area contributed by atoms with Crippen LogP contribution in [0.4, 0.5) is 0 Å². The van der Waals surface area contributed by atoms with E-state index in [1.807, 2.05) is 0 Å². The number of hydrogen-bond donors (Lipinski definition) is 2. The maximum absolute atomic E-state index is 10.5. The Morgan fingerprint density at radius 3 is 2.75 bits per heavy atom. The van der Waals surface area contributed by atoms with Gasteiger partial charge in [0.25, 0.3) is 0 Å². The van der Waals surface area contributed by atoms with Crippen molar-refractivity contribution in [2.24, 2.45) is 5.92 Å². The first-order chi connectivity index (χ1) is 7.47. The molecule has 0 aromatic rings. The fraction of sp³-hybridized carbons (Fsp3) is 0.917. The second-order valence-electron chi connectivity index (χ2n) is 5.31. The van der Waals surface area contributed by atoms with Gasteiger partial charge in [-0.1, -0.05) is 13.8 Å². The van der Waals surface area contributed by atoms with E-state index in [1.165, 1.54) is 0 Å². The fourth-order valence-corrected chi connectivity index (χ4v) is 2.42. The fourth-order valence-electron chi connectivity index (χ4n) is 2.42. The highest BCUT2D eigenvalue weighted by molar-refractivity contribution is 5.66. The zero-order valence-electron chi connectivity index (χ0n) is 10.6. The predicted octanol–water partition coefficient (Wildman–Crippen LogP) is 1.17. The Kier molecular flexibility index (Phi) is 5.22. The molecule has 16 heavy (non-hydrogen) atoms. The summed E-state index contributed by atoms with van der Waals surface area (Å²) in [7, 11) is 0. The van der Waals surface area contributed by atoms with E-state index < -0.39 is 5.97 Å². The molecule has 1 heterocycles. The summed E-state index contributed by atoms with van der Waals surface area (Å²) >= 11 is 0. The average Bonchev–Trinajstić information content (AvgIpc) is 2.12. The van der Waals surface area contributed by atoms with Crippen LogP contribution in [-0.2, 0) is 4.79 Å². The summed E-state index contributed by atoms with van der Waals surface area (Å²) < 4.78 is 0. The van der Waals surface area contributed by atoms with Crippen LogP contribution in [0.15, 0.2) is 0 Å². The molecule has 0 aromatic heterocycles. The highest BCUT2D eigenvalue weighted by Crippen LogP contribution is 2.10. The van der Waals surface area contributed by atoms with E-state index in [0.717, 1.165) is 26.1 Å². The molecule has 0 aromatic carbocycles. The molecule has 1 aliphatic heterocycles. The van der Waals surface area contributed by atoms with Crippen LogP contribution in [0, 0.1) is 5.92 Å².